The molecule has 0 aromatic heterocycles. The van der Waals surface area contributed by atoms with Crippen molar-refractivity contribution in [2.75, 3.05) is 0 Å². The summed E-state index contributed by atoms with van der Waals surface area (Å²) in [6, 6.07) is 25.0. The number of fused-ring (bicyclic) bond motifs is 3. The summed E-state index contributed by atoms with van der Waals surface area (Å²) < 4.78 is 0. The van der Waals surface area contributed by atoms with Gasteiger partial charge in [-0.25, -0.2) is 0 Å². The topological polar surface area (TPSA) is 40.5 Å². The highest BCUT2D eigenvalue weighted by molar-refractivity contribution is 5.87. The summed E-state index contributed by atoms with van der Waals surface area (Å²) >= 11 is 0. The molecular formula is C29H26O2. The van der Waals surface area contributed by atoms with Gasteiger partial charge in [-0.1, -0.05) is 60.7 Å². The lowest BCUT2D eigenvalue weighted by molar-refractivity contribution is 0.466. The van der Waals surface area contributed by atoms with Crippen molar-refractivity contribution >= 4 is 0 Å². The van der Waals surface area contributed by atoms with Crippen LogP contribution in [0, 0.1) is 27.7 Å². The van der Waals surface area contributed by atoms with E-state index in [9.17, 15) is 10.2 Å². The Bertz CT molecular complexity index is 1240. The SMILES string of the molecule is Cc1cc(O)c(C)c(C2(c3cc(C)cc(O)c3C)c3ccccc3-c3ccccc32)c1. The van der Waals surface area contributed by atoms with Crippen LogP contribution in [0.1, 0.15) is 44.5 Å². The Balaban J connectivity index is 2.07. The predicted molar refractivity (Wildman–Crippen MR) is 126 cm³/mol. The maximum absolute atomic E-state index is 10.8. The largest absolute Gasteiger partial charge is 0.508 e. The van der Waals surface area contributed by atoms with Crippen LogP contribution in [0.5, 0.6) is 11.5 Å². The number of rotatable bonds is 2. The molecule has 5 rings (SSSR count). The second-order valence-electron chi connectivity index (χ2n) is 8.75. The molecule has 154 valence electrons. The first-order valence-electron chi connectivity index (χ1n) is 10.7. The average Bonchev–Trinajstić information content (AvgIpc) is 3.05. The lowest BCUT2D eigenvalue weighted by atomic mass is 9.64. The van der Waals surface area contributed by atoms with E-state index in [0.29, 0.717) is 11.5 Å². The molecule has 0 fully saturated rings. The molecule has 0 unspecified atom stereocenters. The average molecular weight is 407 g/mol. The van der Waals surface area contributed by atoms with Crippen LogP contribution in [0.2, 0.25) is 0 Å². The number of phenols is 2. The summed E-state index contributed by atoms with van der Waals surface area (Å²) in [5, 5.41) is 21.7. The number of aryl methyl sites for hydroxylation is 2. The summed E-state index contributed by atoms with van der Waals surface area (Å²) in [7, 11) is 0. The molecule has 31 heavy (non-hydrogen) atoms. The highest BCUT2D eigenvalue weighted by Crippen LogP contribution is 2.58. The first-order chi connectivity index (χ1) is 14.9. The molecule has 0 radical (unpaired) electrons. The van der Waals surface area contributed by atoms with Gasteiger partial charge in [0.25, 0.3) is 0 Å². The molecule has 0 aliphatic heterocycles. The third-order valence-corrected chi connectivity index (χ3v) is 6.81. The van der Waals surface area contributed by atoms with E-state index >= 15 is 0 Å². The summed E-state index contributed by atoms with van der Waals surface area (Å²) in [5.74, 6) is 0.594. The third kappa shape index (κ3) is 2.58. The van der Waals surface area contributed by atoms with Gasteiger partial charge in [-0.15, -0.1) is 0 Å². The zero-order chi connectivity index (χ0) is 21.9. The van der Waals surface area contributed by atoms with Crippen LogP contribution < -0.4 is 0 Å². The van der Waals surface area contributed by atoms with Crippen molar-refractivity contribution < 1.29 is 10.2 Å². The minimum Gasteiger partial charge on any atom is -0.508 e. The predicted octanol–water partition coefficient (Wildman–Crippen LogP) is 6.69. The van der Waals surface area contributed by atoms with E-state index in [4.69, 9.17) is 0 Å². The van der Waals surface area contributed by atoms with Gasteiger partial charge in [-0.3, -0.25) is 0 Å². The van der Waals surface area contributed by atoms with E-state index in [0.717, 1.165) is 33.4 Å². The van der Waals surface area contributed by atoms with Crippen molar-refractivity contribution in [3.05, 3.63) is 117 Å². The van der Waals surface area contributed by atoms with Gasteiger partial charge in [0.15, 0.2) is 0 Å². The van der Waals surface area contributed by atoms with Gasteiger partial charge >= 0.3 is 0 Å². The second-order valence-corrected chi connectivity index (χ2v) is 8.75. The lowest BCUT2D eigenvalue weighted by Crippen LogP contribution is -2.31. The fraction of sp³-hybridized carbons (Fsp3) is 0.172. The first kappa shape index (κ1) is 19.4. The fourth-order valence-corrected chi connectivity index (χ4v) is 5.42. The van der Waals surface area contributed by atoms with Gasteiger partial charge in [0, 0.05) is 0 Å². The molecule has 4 aromatic carbocycles. The van der Waals surface area contributed by atoms with Crippen molar-refractivity contribution in [2.45, 2.75) is 33.1 Å². The third-order valence-electron chi connectivity index (χ3n) is 6.81. The summed E-state index contributed by atoms with van der Waals surface area (Å²) in [6.07, 6.45) is 0. The van der Waals surface area contributed by atoms with Gasteiger partial charge in [-0.2, -0.15) is 0 Å². The van der Waals surface area contributed by atoms with Crippen molar-refractivity contribution in [1.82, 2.24) is 0 Å². The highest BCUT2D eigenvalue weighted by atomic mass is 16.3. The molecule has 2 heteroatoms. The summed E-state index contributed by atoms with van der Waals surface area (Å²) in [5.41, 5.74) is 9.95. The van der Waals surface area contributed by atoms with Crippen LogP contribution in [0.25, 0.3) is 11.1 Å². The second kappa shape index (κ2) is 6.75. The molecule has 2 N–H and O–H groups in total. The molecule has 1 aliphatic rings. The van der Waals surface area contributed by atoms with Gasteiger partial charge in [-0.05, 0) is 95.5 Å². The lowest BCUT2D eigenvalue weighted by Gasteiger charge is -2.37. The Labute approximate surface area is 183 Å². The van der Waals surface area contributed by atoms with Crippen molar-refractivity contribution in [1.29, 1.82) is 0 Å². The van der Waals surface area contributed by atoms with Gasteiger partial charge < -0.3 is 10.2 Å². The molecule has 4 aromatic rings. The van der Waals surface area contributed by atoms with Gasteiger partial charge in [0.05, 0.1) is 5.41 Å². The smallest absolute Gasteiger partial charge is 0.119 e. The van der Waals surface area contributed by atoms with Crippen LogP contribution in [-0.2, 0) is 5.41 Å². The zero-order valence-corrected chi connectivity index (χ0v) is 18.3. The van der Waals surface area contributed by atoms with Crippen molar-refractivity contribution in [3.8, 4) is 22.6 Å². The zero-order valence-electron chi connectivity index (χ0n) is 18.3. The van der Waals surface area contributed by atoms with Crippen LogP contribution in [0.15, 0.2) is 72.8 Å². The fourth-order valence-electron chi connectivity index (χ4n) is 5.42. The van der Waals surface area contributed by atoms with E-state index in [1.165, 1.54) is 22.3 Å². The summed E-state index contributed by atoms with van der Waals surface area (Å²) in [6.45, 7) is 8.01. The van der Waals surface area contributed by atoms with Crippen molar-refractivity contribution in [2.24, 2.45) is 0 Å². The Kier molecular flexibility index (Phi) is 4.23. The van der Waals surface area contributed by atoms with E-state index in [2.05, 4.69) is 60.7 Å². The molecule has 0 saturated heterocycles. The van der Waals surface area contributed by atoms with E-state index < -0.39 is 5.41 Å². The number of benzene rings is 4. The Morgan fingerprint density at radius 2 is 0.903 bits per heavy atom. The molecule has 2 nitrogen and oxygen atoms in total. The maximum atomic E-state index is 10.8. The molecule has 0 saturated carbocycles. The molecule has 0 atom stereocenters. The standard InChI is InChI=1S/C29H26O2/c1-17-13-25(19(3)27(30)15-17)29(26-14-18(2)16-28(31)20(26)4)23-11-7-5-9-21(23)22-10-6-8-12-24(22)29/h5-16,30-31H,1-4H3. The van der Waals surface area contributed by atoms with Crippen LogP contribution in [0.4, 0.5) is 0 Å². The summed E-state index contributed by atoms with van der Waals surface area (Å²) in [4.78, 5) is 0. The van der Waals surface area contributed by atoms with E-state index in [-0.39, 0.29) is 0 Å². The highest BCUT2D eigenvalue weighted by Gasteiger charge is 2.48. The monoisotopic (exact) mass is 406 g/mol. The minimum atomic E-state index is -0.631. The normalized spacial score (nSPS) is 13.7. The van der Waals surface area contributed by atoms with Crippen LogP contribution >= 0.6 is 0 Å². The Hall–Kier alpha value is -3.52. The van der Waals surface area contributed by atoms with E-state index in [1.807, 2.05) is 39.8 Å². The number of hydrogen-bond acceptors (Lipinski definition) is 2. The quantitative estimate of drug-likeness (QED) is 0.343. The Morgan fingerprint density at radius 3 is 1.32 bits per heavy atom. The molecule has 0 heterocycles. The van der Waals surface area contributed by atoms with Gasteiger partial charge in [0.1, 0.15) is 11.5 Å². The number of hydrogen-bond donors (Lipinski definition) is 2. The number of aromatic hydroxyl groups is 2. The van der Waals surface area contributed by atoms with Crippen molar-refractivity contribution in [3.63, 3.8) is 0 Å². The Morgan fingerprint density at radius 1 is 0.516 bits per heavy atom. The molecule has 0 spiro atoms. The molecule has 0 amide bonds. The van der Waals surface area contributed by atoms with Crippen LogP contribution in [0.3, 0.4) is 0 Å². The maximum Gasteiger partial charge on any atom is 0.119 e. The molecule has 1 aliphatic carbocycles. The molecular weight excluding hydrogens is 380 g/mol. The van der Waals surface area contributed by atoms with Gasteiger partial charge in [0.2, 0.25) is 0 Å². The van der Waals surface area contributed by atoms with Crippen LogP contribution in [-0.4, -0.2) is 10.2 Å². The minimum absolute atomic E-state index is 0.297. The van der Waals surface area contributed by atoms with E-state index in [1.54, 1.807) is 0 Å². The first-order valence-corrected chi connectivity index (χ1v) is 10.7. The molecule has 0 bridgehead atoms. The number of phenolic OH excluding ortho intramolecular Hbond substituents is 2.